The van der Waals surface area contributed by atoms with Crippen LogP contribution in [0.5, 0.6) is 0 Å². The van der Waals surface area contributed by atoms with Gasteiger partial charge in [0, 0.05) is 7.11 Å². The van der Waals surface area contributed by atoms with Crippen molar-refractivity contribution in [2.75, 3.05) is 13.7 Å². The van der Waals surface area contributed by atoms with E-state index < -0.39 is 0 Å². The third-order valence-electron chi connectivity index (χ3n) is 5.41. The molecule has 0 radical (unpaired) electrons. The Kier molecular flexibility index (Phi) is 3.91. The molecule has 3 fully saturated rings. The van der Waals surface area contributed by atoms with Gasteiger partial charge in [-0.15, -0.1) is 0 Å². The van der Waals surface area contributed by atoms with Crippen molar-refractivity contribution < 1.29 is 19.0 Å². The van der Waals surface area contributed by atoms with Crippen molar-refractivity contribution in [2.45, 2.75) is 69.5 Å². The summed E-state index contributed by atoms with van der Waals surface area (Å²) < 4.78 is 17.7. The van der Waals surface area contributed by atoms with Crippen LogP contribution in [0.3, 0.4) is 0 Å². The summed E-state index contributed by atoms with van der Waals surface area (Å²) in [6, 6.07) is 0. The molecule has 3 aliphatic rings. The molecule has 2 aliphatic heterocycles. The van der Waals surface area contributed by atoms with Gasteiger partial charge in [0.1, 0.15) is 11.7 Å². The van der Waals surface area contributed by atoms with E-state index in [1.807, 2.05) is 0 Å². The van der Waals surface area contributed by atoms with Gasteiger partial charge in [0.05, 0.1) is 30.3 Å². The minimum Gasteiger partial charge on any atom is -0.378 e. The van der Waals surface area contributed by atoms with E-state index in [1.165, 1.54) is 5.57 Å². The van der Waals surface area contributed by atoms with E-state index in [1.54, 1.807) is 7.11 Å². The fraction of sp³-hybridized carbons (Fsp3) is 0.875. The number of nitrogens with two attached hydrogens (primary N) is 1. The molecule has 21 heavy (non-hydrogen) atoms. The van der Waals surface area contributed by atoms with Crippen LogP contribution in [0, 0.1) is 5.92 Å². The Morgan fingerprint density at radius 3 is 2.67 bits per heavy atom. The standard InChI is InChI=1S/C16H27NO4/c1-10(2)5-6-12-15(3,20-12)14-13(18-4)11(21-17)7-8-16(14)9-19-16/h5,11-14H,6-9,17H2,1-4H3/t11?,12-,13?,14?,15+,16+/m1/s1. The highest BCUT2D eigenvalue weighted by atomic mass is 16.7. The van der Waals surface area contributed by atoms with Crippen LogP contribution in [0.15, 0.2) is 11.6 Å². The zero-order chi connectivity index (χ0) is 15.3. The van der Waals surface area contributed by atoms with Gasteiger partial charge in [-0.25, -0.2) is 5.90 Å². The van der Waals surface area contributed by atoms with Gasteiger partial charge < -0.3 is 14.2 Å². The van der Waals surface area contributed by atoms with E-state index in [-0.39, 0.29) is 35.4 Å². The third-order valence-corrected chi connectivity index (χ3v) is 5.41. The summed E-state index contributed by atoms with van der Waals surface area (Å²) >= 11 is 0. The van der Waals surface area contributed by atoms with Crippen molar-refractivity contribution in [1.29, 1.82) is 0 Å². The Morgan fingerprint density at radius 2 is 2.14 bits per heavy atom. The van der Waals surface area contributed by atoms with Crippen molar-refractivity contribution >= 4 is 0 Å². The first-order valence-electron chi connectivity index (χ1n) is 7.80. The lowest BCUT2D eigenvalue weighted by Crippen LogP contribution is -2.55. The predicted molar refractivity (Wildman–Crippen MR) is 78.6 cm³/mol. The van der Waals surface area contributed by atoms with E-state index in [9.17, 15) is 0 Å². The maximum Gasteiger partial charge on any atom is 0.105 e. The zero-order valence-electron chi connectivity index (χ0n) is 13.4. The van der Waals surface area contributed by atoms with Crippen LogP contribution in [0.25, 0.3) is 0 Å². The van der Waals surface area contributed by atoms with Crippen LogP contribution in [-0.2, 0) is 19.0 Å². The van der Waals surface area contributed by atoms with Gasteiger partial charge in [0.25, 0.3) is 0 Å². The number of ether oxygens (including phenoxy) is 3. The normalized spacial score (nSPS) is 48.2. The lowest BCUT2D eigenvalue weighted by molar-refractivity contribution is -0.140. The van der Waals surface area contributed by atoms with Crippen molar-refractivity contribution in [3.63, 3.8) is 0 Å². The number of epoxide rings is 2. The summed E-state index contributed by atoms with van der Waals surface area (Å²) in [5, 5.41) is 0. The average Bonchev–Trinajstić information content (AvgIpc) is 3.35. The molecule has 120 valence electrons. The summed E-state index contributed by atoms with van der Waals surface area (Å²) in [5.41, 5.74) is 1.02. The minimum absolute atomic E-state index is 0.0760. The van der Waals surface area contributed by atoms with Crippen molar-refractivity contribution in [1.82, 2.24) is 0 Å². The molecular formula is C16H27NO4. The van der Waals surface area contributed by atoms with E-state index in [2.05, 4.69) is 26.8 Å². The van der Waals surface area contributed by atoms with Gasteiger partial charge in [-0.2, -0.15) is 0 Å². The Morgan fingerprint density at radius 1 is 1.43 bits per heavy atom. The molecule has 2 N–H and O–H groups in total. The van der Waals surface area contributed by atoms with Crippen LogP contribution in [0.4, 0.5) is 0 Å². The summed E-state index contributed by atoms with van der Waals surface area (Å²) in [5.74, 6) is 5.64. The van der Waals surface area contributed by atoms with Gasteiger partial charge in [0.2, 0.25) is 0 Å². The van der Waals surface area contributed by atoms with Gasteiger partial charge in [-0.1, -0.05) is 11.6 Å². The molecule has 0 aromatic carbocycles. The quantitative estimate of drug-likeness (QED) is 0.477. The Balaban J connectivity index is 1.79. The third kappa shape index (κ3) is 2.55. The second kappa shape index (κ2) is 5.32. The molecule has 0 amide bonds. The molecule has 0 aromatic rings. The molecule has 6 atom stereocenters. The SMILES string of the molecule is COC1C(ON)CC[C@]2(CO2)C1[C@@]1(C)O[C@@H]1CC=C(C)C. The predicted octanol–water partition coefficient (Wildman–Crippen LogP) is 1.95. The maximum absolute atomic E-state index is 6.09. The summed E-state index contributed by atoms with van der Waals surface area (Å²) in [4.78, 5) is 5.15. The van der Waals surface area contributed by atoms with Crippen molar-refractivity contribution in [2.24, 2.45) is 11.8 Å². The average molecular weight is 297 g/mol. The largest absolute Gasteiger partial charge is 0.378 e. The topological polar surface area (TPSA) is 69.5 Å². The molecule has 3 rings (SSSR count). The highest BCUT2D eigenvalue weighted by Gasteiger charge is 2.71. The zero-order valence-corrected chi connectivity index (χ0v) is 13.4. The van der Waals surface area contributed by atoms with Gasteiger partial charge >= 0.3 is 0 Å². The van der Waals surface area contributed by atoms with Gasteiger partial charge in [0.15, 0.2) is 0 Å². The Bertz CT molecular complexity index is 430. The molecule has 5 heteroatoms. The molecule has 0 bridgehead atoms. The Hall–Kier alpha value is -0.460. The summed E-state index contributed by atoms with van der Waals surface area (Å²) in [6.45, 7) is 7.20. The second-order valence-corrected chi connectivity index (χ2v) is 7.05. The highest BCUT2D eigenvalue weighted by molar-refractivity contribution is 5.20. The smallest absolute Gasteiger partial charge is 0.105 e. The van der Waals surface area contributed by atoms with Crippen molar-refractivity contribution in [3.8, 4) is 0 Å². The summed E-state index contributed by atoms with van der Waals surface area (Å²) in [6.07, 6.45) is 5.09. The van der Waals surface area contributed by atoms with Crippen LogP contribution >= 0.6 is 0 Å². The van der Waals surface area contributed by atoms with Crippen molar-refractivity contribution in [3.05, 3.63) is 11.6 Å². The van der Waals surface area contributed by atoms with Gasteiger partial charge in [-0.3, -0.25) is 4.84 Å². The van der Waals surface area contributed by atoms with E-state index >= 15 is 0 Å². The lowest BCUT2D eigenvalue weighted by atomic mass is 9.68. The first-order valence-corrected chi connectivity index (χ1v) is 7.80. The first kappa shape index (κ1) is 15.4. The molecule has 0 aromatic heterocycles. The van der Waals surface area contributed by atoms with E-state index in [0.29, 0.717) is 0 Å². The minimum atomic E-state index is -0.208. The Labute approximate surface area is 126 Å². The first-order chi connectivity index (χ1) is 9.97. The van der Waals surface area contributed by atoms with Gasteiger partial charge in [-0.05, 0) is 40.0 Å². The van der Waals surface area contributed by atoms with Crippen LogP contribution < -0.4 is 5.90 Å². The number of allylic oxidation sites excluding steroid dienone is 1. The number of hydrogen-bond donors (Lipinski definition) is 1. The number of rotatable bonds is 5. The fourth-order valence-corrected chi connectivity index (χ4v) is 4.09. The highest BCUT2D eigenvalue weighted by Crippen LogP contribution is 2.59. The van der Waals surface area contributed by atoms with E-state index in [0.717, 1.165) is 25.9 Å². The van der Waals surface area contributed by atoms with Crippen LogP contribution in [0.1, 0.15) is 40.0 Å². The summed E-state index contributed by atoms with van der Waals surface area (Å²) in [7, 11) is 1.72. The monoisotopic (exact) mass is 297 g/mol. The second-order valence-electron chi connectivity index (χ2n) is 7.05. The fourth-order valence-electron chi connectivity index (χ4n) is 4.09. The molecular weight excluding hydrogens is 270 g/mol. The number of hydrogen-bond acceptors (Lipinski definition) is 5. The lowest BCUT2D eigenvalue weighted by Gasteiger charge is -2.42. The molecule has 1 spiro atoms. The van der Waals surface area contributed by atoms with Crippen LogP contribution in [0.2, 0.25) is 0 Å². The molecule has 1 aliphatic carbocycles. The molecule has 1 saturated carbocycles. The maximum atomic E-state index is 6.09. The van der Waals surface area contributed by atoms with E-state index in [4.69, 9.17) is 24.9 Å². The molecule has 3 unspecified atom stereocenters. The van der Waals surface area contributed by atoms with Crippen LogP contribution in [-0.4, -0.2) is 43.2 Å². The molecule has 2 heterocycles. The number of methoxy groups -OCH3 is 1. The molecule has 2 saturated heterocycles. The molecule has 5 nitrogen and oxygen atoms in total.